The van der Waals surface area contributed by atoms with E-state index >= 15 is 0 Å². The minimum absolute atomic E-state index is 0.107. The van der Waals surface area contributed by atoms with Crippen LogP contribution < -0.4 is 10.1 Å². The number of ether oxygens (including phenoxy) is 2. The lowest BCUT2D eigenvalue weighted by Crippen LogP contribution is -2.35. The molecule has 0 heterocycles. The molecule has 3 nitrogen and oxygen atoms in total. The minimum Gasteiger partial charge on any atom is -0.491 e. The molecule has 0 saturated heterocycles. The minimum atomic E-state index is 0.107. The Morgan fingerprint density at radius 3 is 2.14 bits per heavy atom. The molecule has 0 aromatic heterocycles. The summed E-state index contributed by atoms with van der Waals surface area (Å²) in [5.74, 6) is 0.868. The summed E-state index contributed by atoms with van der Waals surface area (Å²) in [6, 6.07) is 4.21. The molecule has 0 fully saturated rings. The van der Waals surface area contributed by atoms with Crippen molar-refractivity contribution in [3.8, 4) is 5.75 Å². The van der Waals surface area contributed by atoms with E-state index in [4.69, 9.17) is 9.47 Å². The Bertz CT molecular complexity index is 421. The summed E-state index contributed by atoms with van der Waals surface area (Å²) in [5.41, 5.74) is 1.32. The number of methoxy groups -OCH3 is 1. The third-order valence-corrected chi connectivity index (χ3v) is 4.05. The van der Waals surface area contributed by atoms with Gasteiger partial charge < -0.3 is 14.8 Å². The van der Waals surface area contributed by atoms with Crippen LogP contribution in [0.3, 0.4) is 0 Å². The highest BCUT2D eigenvalue weighted by Crippen LogP contribution is 2.35. The van der Waals surface area contributed by atoms with Crippen molar-refractivity contribution in [3.63, 3.8) is 0 Å². The number of rotatable bonds is 8. The number of hydrogen-bond donors (Lipinski definition) is 1. The fraction of sp³-hybridized carbons (Fsp3) is 0.625. The maximum absolute atomic E-state index is 5.84. The van der Waals surface area contributed by atoms with Gasteiger partial charge >= 0.3 is 0 Å². The zero-order valence-electron chi connectivity index (χ0n) is 13.3. The highest BCUT2D eigenvalue weighted by molar-refractivity contribution is 9.11. The fourth-order valence-corrected chi connectivity index (χ4v) is 3.25. The lowest BCUT2D eigenvalue weighted by atomic mass is 10.1. The maximum Gasteiger partial charge on any atom is 0.147 e. The number of benzene rings is 1. The molecule has 0 spiro atoms. The van der Waals surface area contributed by atoms with E-state index in [9.17, 15) is 0 Å². The molecule has 0 bridgehead atoms. The SMILES string of the molecule is COCCCCOc1c(Br)cc(CNC(C)(C)C)cc1Br. The normalized spacial score (nSPS) is 11.7. The van der Waals surface area contributed by atoms with E-state index in [-0.39, 0.29) is 5.54 Å². The van der Waals surface area contributed by atoms with Crippen LogP contribution in [0.25, 0.3) is 0 Å². The molecule has 0 atom stereocenters. The number of unbranched alkanes of at least 4 members (excludes halogenated alkanes) is 1. The molecule has 120 valence electrons. The van der Waals surface area contributed by atoms with Gasteiger partial charge in [0, 0.05) is 25.8 Å². The van der Waals surface area contributed by atoms with Gasteiger partial charge in [-0.25, -0.2) is 0 Å². The number of hydrogen-bond acceptors (Lipinski definition) is 3. The first-order chi connectivity index (χ1) is 9.83. The van der Waals surface area contributed by atoms with Crippen LogP contribution >= 0.6 is 31.9 Å². The van der Waals surface area contributed by atoms with Crippen LogP contribution in [0.15, 0.2) is 21.1 Å². The van der Waals surface area contributed by atoms with Gasteiger partial charge in [-0.3, -0.25) is 0 Å². The first kappa shape index (κ1) is 18.9. The first-order valence-corrected chi connectivity index (χ1v) is 8.77. The molecule has 5 heteroatoms. The zero-order chi connectivity index (χ0) is 15.9. The van der Waals surface area contributed by atoms with E-state index in [0.29, 0.717) is 6.61 Å². The second kappa shape index (κ2) is 9.13. The molecule has 0 saturated carbocycles. The Labute approximate surface area is 145 Å². The molecule has 0 amide bonds. The molecule has 1 N–H and O–H groups in total. The predicted molar refractivity (Wildman–Crippen MR) is 95.0 cm³/mol. The molecular weight excluding hydrogens is 398 g/mol. The summed E-state index contributed by atoms with van der Waals surface area (Å²) in [7, 11) is 1.72. The van der Waals surface area contributed by atoms with Crippen LogP contribution in [-0.4, -0.2) is 25.9 Å². The second-order valence-electron chi connectivity index (χ2n) is 6.04. The van der Waals surface area contributed by atoms with E-state index in [1.165, 1.54) is 5.56 Å². The standard InChI is InChI=1S/C16H25Br2NO2/c1-16(2,3)19-11-12-9-13(17)15(14(18)10-12)21-8-6-5-7-20-4/h9-10,19H,5-8,11H2,1-4H3. The smallest absolute Gasteiger partial charge is 0.147 e. The van der Waals surface area contributed by atoms with E-state index in [1.807, 2.05) is 0 Å². The van der Waals surface area contributed by atoms with Crippen molar-refractivity contribution in [2.75, 3.05) is 20.3 Å². The molecule has 1 rings (SSSR count). The van der Waals surface area contributed by atoms with E-state index in [2.05, 4.69) is 70.1 Å². The van der Waals surface area contributed by atoms with Gasteiger partial charge in [-0.1, -0.05) is 0 Å². The van der Waals surface area contributed by atoms with E-state index < -0.39 is 0 Å². The van der Waals surface area contributed by atoms with Crippen LogP contribution in [-0.2, 0) is 11.3 Å². The molecule has 0 unspecified atom stereocenters. The zero-order valence-corrected chi connectivity index (χ0v) is 16.4. The largest absolute Gasteiger partial charge is 0.491 e. The van der Waals surface area contributed by atoms with Gasteiger partial charge in [-0.05, 0) is 83.2 Å². The van der Waals surface area contributed by atoms with E-state index in [0.717, 1.165) is 40.7 Å². The van der Waals surface area contributed by atoms with Crippen LogP contribution in [0.1, 0.15) is 39.2 Å². The molecule has 1 aromatic rings. The average molecular weight is 423 g/mol. The van der Waals surface area contributed by atoms with Crippen LogP contribution in [0.2, 0.25) is 0 Å². The Hall–Kier alpha value is -0.100. The molecular formula is C16H25Br2NO2. The molecule has 0 aliphatic carbocycles. The summed E-state index contributed by atoms with van der Waals surface area (Å²) in [5, 5.41) is 3.48. The van der Waals surface area contributed by atoms with Gasteiger partial charge in [0.25, 0.3) is 0 Å². The first-order valence-electron chi connectivity index (χ1n) is 7.18. The van der Waals surface area contributed by atoms with Gasteiger partial charge in [0.05, 0.1) is 15.6 Å². The monoisotopic (exact) mass is 421 g/mol. The highest BCUT2D eigenvalue weighted by Gasteiger charge is 2.12. The van der Waals surface area contributed by atoms with E-state index in [1.54, 1.807) is 7.11 Å². The summed E-state index contributed by atoms with van der Waals surface area (Å²) in [6.45, 7) is 8.79. The Balaban J connectivity index is 2.58. The van der Waals surface area contributed by atoms with Crippen molar-refractivity contribution in [2.45, 2.75) is 45.7 Å². The van der Waals surface area contributed by atoms with Crippen molar-refractivity contribution in [1.29, 1.82) is 0 Å². The third kappa shape index (κ3) is 7.63. The van der Waals surface area contributed by atoms with Crippen LogP contribution in [0.4, 0.5) is 0 Å². The average Bonchev–Trinajstić information content (AvgIpc) is 2.38. The topological polar surface area (TPSA) is 30.5 Å². The predicted octanol–water partition coefficient (Wildman–Crippen LogP) is 4.91. The lowest BCUT2D eigenvalue weighted by molar-refractivity contribution is 0.184. The van der Waals surface area contributed by atoms with Crippen molar-refractivity contribution in [2.24, 2.45) is 0 Å². The van der Waals surface area contributed by atoms with Gasteiger partial charge in [0.2, 0.25) is 0 Å². The van der Waals surface area contributed by atoms with Gasteiger partial charge in [0.1, 0.15) is 5.75 Å². The number of nitrogens with one attached hydrogen (secondary N) is 1. The van der Waals surface area contributed by atoms with Gasteiger partial charge in [-0.2, -0.15) is 0 Å². The van der Waals surface area contributed by atoms with Crippen molar-refractivity contribution in [1.82, 2.24) is 5.32 Å². The molecule has 21 heavy (non-hydrogen) atoms. The maximum atomic E-state index is 5.84. The molecule has 0 radical (unpaired) electrons. The summed E-state index contributed by atoms with van der Waals surface area (Å²) in [6.07, 6.45) is 2.00. The lowest BCUT2D eigenvalue weighted by Gasteiger charge is -2.21. The molecule has 0 aliphatic heterocycles. The summed E-state index contributed by atoms with van der Waals surface area (Å²) in [4.78, 5) is 0. The van der Waals surface area contributed by atoms with Gasteiger partial charge in [-0.15, -0.1) is 0 Å². The quantitative estimate of drug-likeness (QED) is 0.604. The Morgan fingerprint density at radius 2 is 1.62 bits per heavy atom. The fourth-order valence-electron chi connectivity index (χ4n) is 1.74. The molecule has 0 aliphatic rings. The number of halogens is 2. The third-order valence-electron chi connectivity index (χ3n) is 2.87. The van der Waals surface area contributed by atoms with Crippen molar-refractivity contribution in [3.05, 3.63) is 26.6 Å². The second-order valence-corrected chi connectivity index (χ2v) is 7.75. The van der Waals surface area contributed by atoms with Gasteiger partial charge in [0.15, 0.2) is 0 Å². The highest BCUT2D eigenvalue weighted by atomic mass is 79.9. The van der Waals surface area contributed by atoms with Crippen molar-refractivity contribution < 1.29 is 9.47 Å². The van der Waals surface area contributed by atoms with Crippen LogP contribution in [0.5, 0.6) is 5.75 Å². The summed E-state index contributed by atoms with van der Waals surface area (Å²) < 4.78 is 12.8. The Morgan fingerprint density at radius 1 is 1.05 bits per heavy atom. The summed E-state index contributed by atoms with van der Waals surface area (Å²) >= 11 is 7.19. The Kier molecular flexibility index (Phi) is 8.24. The molecule has 1 aromatic carbocycles. The van der Waals surface area contributed by atoms with Crippen molar-refractivity contribution >= 4 is 31.9 Å². The van der Waals surface area contributed by atoms with Crippen LogP contribution in [0, 0.1) is 0 Å².